The third-order valence-corrected chi connectivity index (χ3v) is 5.68. The van der Waals surface area contributed by atoms with Crippen LogP contribution in [0.3, 0.4) is 0 Å². The summed E-state index contributed by atoms with van der Waals surface area (Å²) in [6.07, 6.45) is -0.554. The number of halogens is 2. The van der Waals surface area contributed by atoms with Crippen molar-refractivity contribution < 1.29 is 24.6 Å². The molecule has 29 heavy (non-hydrogen) atoms. The number of carbonyl (C=O) groups is 3. The first-order chi connectivity index (χ1) is 13.7. The summed E-state index contributed by atoms with van der Waals surface area (Å²) in [5.41, 5.74) is 0.667. The lowest BCUT2D eigenvalue weighted by Crippen LogP contribution is -2.50. The minimum absolute atomic E-state index is 0.137. The molecule has 0 radical (unpaired) electrons. The lowest BCUT2D eigenvalue weighted by atomic mass is 9.97. The molecule has 0 spiro atoms. The number of rotatable bonds is 7. The number of aliphatic hydroxyl groups excluding tert-OH is 1. The zero-order chi connectivity index (χ0) is 21.6. The number of hydrogen-bond donors (Lipinski definition) is 4. The van der Waals surface area contributed by atoms with Crippen LogP contribution in [0.5, 0.6) is 0 Å². The van der Waals surface area contributed by atoms with Crippen molar-refractivity contribution in [3.63, 3.8) is 0 Å². The molecule has 1 aliphatic heterocycles. The van der Waals surface area contributed by atoms with Gasteiger partial charge in [-0.05, 0) is 43.4 Å². The van der Waals surface area contributed by atoms with Gasteiger partial charge in [0, 0.05) is 13.6 Å². The van der Waals surface area contributed by atoms with Gasteiger partial charge in [-0.15, -0.1) is 0 Å². The first-order valence-electron chi connectivity index (χ1n) is 9.34. The van der Waals surface area contributed by atoms with Gasteiger partial charge in [-0.3, -0.25) is 9.59 Å². The van der Waals surface area contributed by atoms with Gasteiger partial charge < -0.3 is 25.7 Å². The van der Waals surface area contributed by atoms with Crippen LogP contribution in [0.4, 0.5) is 4.79 Å². The van der Waals surface area contributed by atoms with Gasteiger partial charge in [0.25, 0.3) is 0 Å². The number of amides is 3. The molecule has 1 saturated heterocycles. The van der Waals surface area contributed by atoms with E-state index in [1.165, 1.54) is 7.05 Å². The second-order valence-corrected chi connectivity index (χ2v) is 7.91. The van der Waals surface area contributed by atoms with E-state index in [0.29, 0.717) is 28.6 Å². The predicted molar refractivity (Wildman–Crippen MR) is 109 cm³/mol. The molecular formula is C19H25Cl2N3O5. The Morgan fingerprint density at radius 3 is 2.69 bits per heavy atom. The number of hydrogen-bond acceptors (Lipinski definition) is 4. The largest absolute Gasteiger partial charge is 0.465 e. The average Bonchev–Trinajstić information content (AvgIpc) is 2.86. The van der Waals surface area contributed by atoms with E-state index < -0.39 is 30.2 Å². The second-order valence-electron chi connectivity index (χ2n) is 7.09. The van der Waals surface area contributed by atoms with Crippen molar-refractivity contribution in [2.24, 2.45) is 0 Å². The Morgan fingerprint density at radius 1 is 1.31 bits per heavy atom. The third kappa shape index (κ3) is 6.76. The Kier molecular flexibility index (Phi) is 8.55. The molecule has 1 heterocycles. The quantitative estimate of drug-likeness (QED) is 0.511. The first-order valence-corrected chi connectivity index (χ1v) is 10.1. The molecule has 0 unspecified atom stereocenters. The molecular weight excluding hydrogens is 421 g/mol. The van der Waals surface area contributed by atoms with Crippen molar-refractivity contribution in [1.82, 2.24) is 15.5 Å². The van der Waals surface area contributed by atoms with Crippen molar-refractivity contribution in [3.05, 3.63) is 33.8 Å². The number of nitrogens with one attached hydrogen (secondary N) is 2. The summed E-state index contributed by atoms with van der Waals surface area (Å²) in [5.74, 6) is -0.766. The fourth-order valence-corrected chi connectivity index (χ4v) is 3.56. The van der Waals surface area contributed by atoms with Crippen LogP contribution < -0.4 is 10.6 Å². The topological polar surface area (TPSA) is 119 Å². The van der Waals surface area contributed by atoms with Gasteiger partial charge in [0.15, 0.2) is 0 Å². The van der Waals surface area contributed by atoms with Crippen molar-refractivity contribution >= 4 is 41.1 Å². The molecule has 8 nitrogen and oxygen atoms in total. The van der Waals surface area contributed by atoms with E-state index in [4.69, 9.17) is 23.2 Å². The summed E-state index contributed by atoms with van der Waals surface area (Å²) < 4.78 is 0. The van der Waals surface area contributed by atoms with Crippen molar-refractivity contribution in [3.8, 4) is 0 Å². The minimum Gasteiger partial charge on any atom is -0.465 e. The van der Waals surface area contributed by atoms with Crippen molar-refractivity contribution in [1.29, 1.82) is 0 Å². The Labute approximate surface area is 179 Å². The van der Waals surface area contributed by atoms with E-state index in [-0.39, 0.29) is 18.7 Å². The summed E-state index contributed by atoms with van der Waals surface area (Å²) in [4.78, 5) is 36.8. The number of benzene rings is 1. The Bertz CT molecular complexity index is 761. The molecule has 0 bridgehead atoms. The Hall–Kier alpha value is -2.03. The van der Waals surface area contributed by atoms with Crippen LogP contribution in [-0.2, 0) is 16.0 Å². The molecule has 2 rings (SSSR count). The standard InChI is InChI=1S/C19H25Cl2N3O5/c1-24(19(28)29)15(9-11-5-6-12(20)13(21)8-11)16(25)10-17(26)23-14-4-2-3-7-22-18(14)27/h5-6,8,14-16,25H,2-4,7,9-10H2,1H3,(H,22,27)(H,23,26)(H,28,29)/t14-,15-,16-/m1/s1. The Morgan fingerprint density at radius 2 is 2.03 bits per heavy atom. The maximum absolute atomic E-state index is 12.4. The number of carboxylic acid groups (broad SMARTS) is 1. The molecule has 3 amide bonds. The zero-order valence-electron chi connectivity index (χ0n) is 16.0. The molecule has 1 aliphatic rings. The third-order valence-electron chi connectivity index (χ3n) is 4.94. The zero-order valence-corrected chi connectivity index (χ0v) is 17.5. The van der Waals surface area contributed by atoms with Crippen molar-refractivity contribution in [2.75, 3.05) is 13.6 Å². The molecule has 4 N–H and O–H groups in total. The van der Waals surface area contributed by atoms with Gasteiger partial charge in [-0.2, -0.15) is 0 Å². The van der Waals surface area contributed by atoms with E-state index >= 15 is 0 Å². The van der Waals surface area contributed by atoms with E-state index in [1.54, 1.807) is 18.2 Å². The highest BCUT2D eigenvalue weighted by Gasteiger charge is 2.30. The van der Waals surface area contributed by atoms with Crippen LogP contribution in [0, 0.1) is 0 Å². The molecule has 10 heteroatoms. The van der Waals surface area contributed by atoms with Crippen LogP contribution in [0.2, 0.25) is 10.0 Å². The number of aliphatic hydroxyl groups is 1. The minimum atomic E-state index is -1.28. The van der Waals surface area contributed by atoms with E-state index in [2.05, 4.69) is 10.6 Å². The normalized spacial score (nSPS) is 18.9. The van der Waals surface area contributed by atoms with E-state index in [0.717, 1.165) is 17.7 Å². The summed E-state index contributed by atoms with van der Waals surface area (Å²) >= 11 is 11.9. The molecule has 0 aromatic heterocycles. The molecule has 1 aromatic rings. The van der Waals surface area contributed by atoms with Gasteiger partial charge in [0.1, 0.15) is 6.04 Å². The smallest absolute Gasteiger partial charge is 0.407 e. The highest BCUT2D eigenvalue weighted by molar-refractivity contribution is 6.42. The van der Waals surface area contributed by atoms with Crippen LogP contribution in [0.15, 0.2) is 18.2 Å². The number of nitrogens with zero attached hydrogens (tertiary/aromatic N) is 1. The first kappa shape index (κ1) is 23.3. The van der Waals surface area contributed by atoms with Gasteiger partial charge in [0.2, 0.25) is 11.8 Å². The second kappa shape index (κ2) is 10.7. The average molecular weight is 446 g/mol. The number of carbonyl (C=O) groups excluding carboxylic acids is 2. The molecule has 160 valence electrons. The van der Waals surface area contributed by atoms with Crippen LogP contribution in [0.25, 0.3) is 0 Å². The lowest BCUT2D eigenvalue weighted by molar-refractivity contribution is -0.130. The van der Waals surface area contributed by atoms with Gasteiger partial charge in [0.05, 0.1) is 28.6 Å². The van der Waals surface area contributed by atoms with Crippen molar-refractivity contribution in [2.45, 2.75) is 50.3 Å². The van der Waals surface area contributed by atoms with E-state index in [1.807, 2.05) is 0 Å². The molecule has 3 atom stereocenters. The maximum Gasteiger partial charge on any atom is 0.407 e. The molecule has 0 saturated carbocycles. The molecule has 0 aliphatic carbocycles. The molecule has 1 aromatic carbocycles. The summed E-state index contributed by atoms with van der Waals surface area (Å²) in [6.45, 7) is 0.572. The monoisotopic (exact) mass is 445 g/mol. The Balaban J connectivity index is 2.06. The molecule has 1 fully saturated rings. The van der Waals surface area contributed by atoms with Gasteiger partial charge >= 0.3 is 6.09 Å². The van der Waals surface area contributed by atoms with Crippen LogP contribution in [0.1, 0.15) is 31.2 Å². The fourth-order valence-electron chi connectivity index (χ4n) is 3.24. The number of likely N-dealkylation sites (N-methyl/N-ethyl adjacent to an activating group) is 1. The SMILES string of the molecule is CN(C(=O)O)[C@H](Cc1ccc(Cl)c(Cl)c1)[C@H](O)CC(=O)N[C@@H]1CCCCNC1=O. The van der Waals surface area contributed by atoms with Crippen LogP contribution in [-0.4, -0.2) is 64.8 Å². The van der Waals surface area contributed by atoms with Gasteiger partial charge in [-0.1, -0.05) is 29.3 Å². The van der Waals surface area contributed by atoms with Gasteiger partial charge in [-0.25, -0.2) is 4.79 Å². The fraction of sp³-hybridized carbons (Fsp3) is 0.526. The summed E-state index contributed by atoms with van der Waals surface area (Å²) in [7, 11) is 1.32. The predicted octanol–water partition coefficient (Wildman–Crippen LogP) is 2.05. The highest BCUT2D eigenvalue weighted by Crippen LogP contribution is 2.24. The lowest BCUT2D eigenvalue weighted by Gasteiger charge is -2.30. The summed E-state index contributed by atoms with van der Waals surface area (Å²) in [6, 6.07) is 3.32. The maximum atomic E-state index is 12.4. The van der Waals surface area contributed by atoms with E-state index in [9.17, 15) is 24.6 Å². The summed E-state index contributed by atoms with van der Waals surface area (Å²) in [5, 5.41) is 26.0. The highest BCUT2D eigenvalue weighted by atomic mass is 35.5. The van der Waals surface area contributed by atoms with Crippen LogP contribution >= 0.6 is 23.2 Å².